The maximum atomic E-state index is 13.6. The highest BCUT2D eigenvalue weighted by atomic mass is 79.9. The summed E-state index contributed by atoms with van der Waals surface area (Å²) in [4.78, 5) is 42.0. The average Bonchev–Trinajstić information content (AvgIpc) is 3.34. The van der Waals surface area contributed by atoms with Gasteiger partial charge in [-0.15, -0.1) is 11.8 Å². The van der Waals surface area contributed by atoms with Crippen molar-refractivity contribution in [2.24, 2.45) is 11.8 Å². The van der Waals surface area contributed by atoms with E-state index in [4.69, 9.17) is 0 Å². The lowest BCUT2D eigenvalue weighted by Gasteiger charge is -2.35. The number of halogens is 1. The molecular formula is C23H30BrN3O4S. The van der Waals surface area contributed by atoms with Crippen LogP contribution in [0.4, 0.5) is 0 Å². The molecule has 174 valence electrons. The lowest BCUT2D eigenvalue weighted by Crippen LogP contribution is -2.55. The van der Waals surface area contributed by atoms with Gasteiger partial charge in [0.2, 0.25) is 17.7 Å². The fourth-order valence-corrected chi connectivity index (χ4v) is 9.09. The van der Waals surface area contributed by atoms with E-state index in [1.165, 1.54) is 0 Å². The zero-order valence-corrected chi connectivity index (χ0v) is 20.7. The summed E-state index contributed by atoms with van der Waals surface area (Å²) >= 11 is 5.38. The Morgan fingerprint density at radius 3 is 2.66 bits per heavy atom. The van der Waals surface area contributed by atoms with Crippen LogP contribution >= 0.6 is 27.7 Å². The topological polar surface area (TPSA) is 98.7 Å². The predicted octanol–water partition coefficient (Wildman–Crippen LogP) is 1.67. The van der Waals surface area contributed by atoms with E-state index in [0.29, 0.717) is 25.9 Å². The van der Waals surface area contributed by atoms with Gasteiger partial charge in [0.05, 0.1) is 16.6 Å². The van der Waals surface area contributed by atoms with E-state index in [9.17, 15) is 19.5 Å². The molecule has 0 radical (unpaired) electrons. The third-order valence-electron chi connectivity index (χ3n) is 6.64. The Labute approximate surface area is 201 Å². The number of benzene rings is 1. The number of thioether (sulfide) groups is 1. The van der Waals surface area contributed by atoms with Crippen molar-refractivity contribution in [3.8, 4) is 0 Å². The number of fused-ring (bicyclic) bond motifs is 1. The standard InChI is InChI=1S/C23H30BrN3O4S/c1-13(2)26-21(30)19-23-11-15(24)18(32-23)16(17(23)22(31)27(19)9-6-10-28)20(29)25-12-14-7-4-3-5-8-14/h3-5,7-8,13,15-19,28H,6,9-12H2,1-2H3,(H,25,29)(H,26,30)/t15?,16-,17-,18-,19?,23?/m0/s1. The molecule has 0 saturated carbocycles. The molecule has 7 nitrogen and oxygen atoms in total. The number of carbonyl (C=O) groups is 3. The van der Waals surface area contributed by atoms with Crippen LogP contribution in [0.5, 0.6) is 0 Å². The van der Waals surface area contributed by atoms with Crippen molar-refractivity contribution >= 4 is 45.4 Å². The van der Waals surface area contributed by atoms with Crippen LogP contribution < -0.4 is 10.6 Å². The summed E-state index contributed by atoms with van der Waals surface area (Å²) in [6.45, 7) is 4.44. The molecule has 3 unspecified atom stereocenters. The Morgan fingerprint density at radius 2 is 2.00 bits per heavy atom. The molecule has 1 aromatic carbocycles. The number of aliphatic hydroxyl groups excluding tert-OH is 1. The molecule has 1 spiro atoms. The molecule has 2 bridgehead atoms. The molecule has 3 saturated heterocycles. The Kier molecular flexibility index (Phi) is 6.89. The van der Waals surface area contributed by atoms with Gasteiger partial charge >= 0.3 is 0 Å². The highest BCUT2D eigenvalue weighted by Gasteiger charge is 2.75. The van der Waals surface area contributed by atoms with Crippen molar-refractivity contribution in [3.05, 3.63) is 35.9 Å². The van der Waals surface area contributed by atoms with Crippen LogP contribution in [-0.2, 0) is 20.9 Å². The SMILES string of the molecule is CC(C)NC(=O)C1N(CCCO)C(=O)[C@@H]2[C@H](C(=O)NCc3ccccc3)[C@H]3SC12CC3Br. The van der Waals surface area contributed by atoms with Crippen LogP contribution in [0.3, 0.4) is 0 Å². The zero-order valence-electron chi connectivity index (χ0n) is 18.3. The Balaban J connectivity index is 1.62. The lowest BCUT2D eigenvalue weighted by molar-refractivity contribution is -0.140. The van der Waals surface area contributed by atoms with Crippen LogP contribution in [0.25, 0.3) is 0 Å². The van der Waals surface area contributed by atoms with Crippen molar-refractivity contribution < 1.29 is 19.5 Å². The number of likely N-dealkylation sites (tertiary alicyclic amines) is 1. The Morgan fingerprint density at radius 1 is 1.28 bits per heavy atom. The maximum absolute atomic E-state index is 13.6. The van der Waals surface area contributed by atoms with Gasteiger partial charge in [-0.3, -0.25) is 14.4 Å². The number of nitrogens with one attached hydrogen (secondary N) is 2. The molecule has 1 aromatic rings. The number of alkyl halides is 1. The number of rotatable bonds is 8. The van der Waals surface area contributed by atoms with Gasteiger partial charge in [-0.2, -0.15) is 0 Å². The second-order valence-corrected chi connectivity index (χ2v) is 11.9. The third kappa shape index (κ3) is 3.96. The third-order valence-corrected chi connectivity index (χ3v) is 9.86. The molecule has 3 fully saturated rings. The second-order valence-electron chi connectivity index (χ2n) is 9.14. The van der Waals surface area contributed by atoms with Gasteiger partial charge in [-0.1, -0.05) is 46.3 Å². The van der Waals surface area contributed by atoms with E-state index in [-0.39, 0.29) is 40.4 Å². The highest BCUT2D eigenvalue weighted by molar-refractivity contribution is 9.09. The van der Waals surface area contributed by atoms with Crippen molar-refractivity contribution in [1.82, 2.24) is 15.5 Å². The fraction of sp³-hybridized carbons (Fsp3) is 0.609. The van der Waals surface area contributed by atoms with E-state index >= 15 is 0 Å². The first-order chi connectivity index (χ1) is 15.3. The molecule has 3 aliphatic heterocycles. The van der Waals surface area contributed by atoms with Crippen LogP contribution in [0.15, 0.2) is 30.3 Å². The minimum atomic E-state index is -0.643. The van der Waals surface area contributed by atoms with Gasteiger partial charge < -0.3 is 20.6 Å². The molecule has 32 heavy (non-hydrogen) atoms. The normalized spacial score (nSPS) is 33.0. The smallest absolute Gasteiger partial charge is 0.244 e. The summed E-state index contributed by atoms with van der Waals surface area (Å²) < 4.78 is -0.640. The number of hydrogen-bond donors (Lipinski definition) is 3. The fourth-order valence-electron chi connectivity index (χ4n) is 5.48. The molecular weight excluding hydrogens is 494 g/mol. The molecule has 0 aliphatic carbocycles. The van der Waals surface area contributed by atoms with Gasteiger partial charge in [0.1, 0.15) is 6.04 Å². The quantitative estimate of drug-likeness (QED) is 0.450. The van der Waals surface area contributed by atoms with Crippen LogP contribution in [0.2, 0.25) is 0 Å². The van der Waals surface area contributed by atoms with E-state index in [2.05, 4.69) is 26.6 Å². The molecule has 3 aliphatic rings. The minimum Gasteiger partial charge on any atom is -0.396 e. The monoisotopic (exact) mass is 523 g/mol. The number of hydrogen-bond acceptors (Lipinski definition) is 5. The van der Waals surface area contributed by atoms with Crippen molar-refractivity contribution in [3.63, 3.8) is 0 Å². The number of amides is 3. The minimum absolute atomic E-state index is 0.0520. The molecule has 9 heteroatoms. The van der Waals surface area contributed by atoms with Crippen LogP contribution in [0.1, 0.15) is 32.3 Å². The van der Waals surface area contributed by atoms with E-state index in [1.807, 2.05) is 44.2 Å². The first kappa shape index (κ1) is 23.6. The Hall–Kier alpha value is -1.58. The number of aliphatic hydroxyl groups is 1. The average molecular weight is 524 g/mol. The predicted molar refractivity (Wildman–Crippen MR) is 127 cm³/mol. The van der Waals surface area contributed by atoms with E-state index in [0.717, 1.165) is 5.56 Å². The molecule has 0 aromatic heterocycles. The summed E-state index contributed by atoms with van der Waals surface area (Å²) in [5.41, 5.74) is 0.998. The summed E-state index contributed by atoms with van der Waals surface area (Å²) in [5.74, 6) is -1.49. The van der Waals surface area contributed by atoms with E-state index < -0.39 is 22.6 Å². The van der Waals surface area contributed by atoms with Gasteiger partial charge in [0, 0.05) is 35.8 Å². The molecule has 6 atom stereocenters. The first-order valence-corrected chi connectivity index (χ1v) is 12.9. The zero-order chi connectivity index (χ0) is 23.0. The molecule has 3 heterocycles. The van der Waals surface area contributed by atoms with Gasteiger partial charge in [-0.25, -0.2) is 0 Å². The summed E-state index contributed by atoms with van der Waals surface area (Å²) in [7, 11) is 0. The Bertz CT molecular complexity index is 885. The van der Waals surface area contributed by atoms with Crippen LogP contribution in [0, 0.1) is 11.8 Å². The molecule has 3 amide bonds. The van der Waals surface area contributed by atoms with Gasteiger partial charge in [-0.05, 0) is 32.3 Å². The van der Waals surface area contributed by atoms with Gasteiger partial charge in [0.25, 0.3) is 0 Å². The maximum Gasteiger partial charge on any atom is 0.244 e. The largest absolute Gasteiger partial charge is 0.396 e. The van der Waals surface area contributed by atoms with E-state index in [1.54, 1.807) is 16.7 Å². The van der Waals surface area contributed by atoms with Crippen molar-refractivity contribution in [1.29, 1.82) is 0 Å². The molecule has 4 rings (SSSR count). The second kappa shape index (κ2) is 9.35. The highest BCUT2D eigenvalue weighted by Crippen LogP contribution is 2.67. The van der Waals surface area contributed by atoms with Gasteiger partial charge in [0.15, 0.2) is 0 Å². The van der Waals surface area contributed by atoms with Crippen molar-refractivity contribution in [2.75, 3.05) is 13.2 Å². The van der Waals surface area contributed by atoms with Crippen LogP contribution in [-0.4, -0.2) is 67.8 Å². The number of carbonyl (C=O) groups excluding carboxylic acids is 3. The summed E-state index contributed by atoms with van der Waals surface area (Å²) in [6.07, 6.45) is 1.06. The van der Waals surface area contributed by atoms with Crippen molar-refractivity contribution in [2.45, 2.75) is 60.1 Å². The molecule has 3 N–H and O–H groups in total. The summed E-state index contributed by atoms with van der Waals surface area (Å²) in [6, 6.07) is 8.99. The first-order valence-electron chi connectivity index (χ1n) is 11.2. The summed E-state index contributed by atoms with van der Waals surface area (Å²) in [5, 5.41) is 15.3. The number of nitrogens with zero attached hydrogens (tertiary/aromatic N) is 1. The lowest BCUT2D eigenvalue weighted by atomic mass is 9.70.